The molecule has 0 bridgehead atoms. The Labute approximate surface area is 179 Å². The molecule has 1 heterocycles. The highest BCUT2D eigenvalue weighted by molar-refractivity contribution is 6.21. The minimum Gasteiger partial charge on any atom is -0.367 e. The number of hydrogen-bond acceptors (Lipinski definition) is 3. The van der Waals surface area contributed by atoms with Gasteiger partial charge in [0.25, 0.3) is 5.91 Å². The maximum atomic E-state index is 13.5. The third-order valence-electron chi connectivity index (χ3n) is 6.48. The Hall–Kier alpha value is -2.88. The van der Waals surface area contributed by atoms with Crippen LogP contribution in [0.2, 0.25) is 0 Å². The molecule has 4 heteroatoms. The number of carbonyl (C=O) groups is 2. The monoisotopic (exact) mass is 402 g/mol. The molecule has 4 rings (SSSR count). The van der Waals surface area contributed by atoms with Crippen LogP contribution in [-0.2, 0) is 16.1 Å². The summed E-state index contributed by atoms with van der Waals surface area (Å²) >= 11 is 0. The summed E-state index contributed by atoms with van der Waals surface area (Å²) in [5.74, 6) is -0.245. The fraction of sp³-hybridized carbons (Fsp3) is 0.385. The molecular formula is C26H30N2O2. The second kappa shape index (κ2) is 8.86. The Kier molecular flexibility index (Phi) is 6.03. The van der Waals surface area contributed by atoms with E-state index in [1.807, 2.05) is 48.5 Å². The Balaban J connectivity index is 1.69. The van der Waals surface area contributed by atoms with Crippen LogP contribution < -0.4 is 5.32 Å². The van der Waals surface area contributed by atoms with Crippen molar-refractivity contribution in [3.05, 3.63) is 77.0 Å². The van der Waals surface area contributed by atoms with Crippen LogP contribution in [0.4, 0.5) is 0 Å². The van der Waals surface area contributed by atoms with Crippen LogP contribution in [0.1, 0.15) is 68.7 Å². The van der Waals surface area contributed by atoms with Crippen molar-refractivity contribution in [2.45, 2.75) is 64.6 Å². The van der Waals surface area contributed by atoms with Crippen LogP contribution in [0.3, 0.4) is 0 Å². The van der Waals surface area contributed by atoms with Crippen molar-refractivity contribution in [2.24, 2.45) is 0 Å². The third-order valence-corrected chi connectivity index (χ3v) is 6.48. The van der Waals surface area contributed by atoms with Gasteiger partial charge in [-0.25, -0.2) is 0 Å². The summed E-state index contributed by atoms with van der Waals surface area (Å²) in [6, 6.07) is 17.5. The number of nitrogens with zero attached hydrogens (tertiary/aromatic N) is 1. The molecule has 2 aromatic rings. The largest absolute Gasteiger partial charge is 0.367 e. The zero-order chi connectivity index (χ0) is 21.1. The first kappa shape index (κ1) is 20.4. The first-order valence-electron chi connectivity index (χ1n) is 11.0. The predicted octanol–water partition coefficient (Wildman–Crippen LogP) is 5.01. The maximum Gasteiger partial charge on any atom is 0.254 e. The first-order chi connectivity index (χ1) is 14.6. The van der Waals surface area contributed by atoms with Gasteiger partial charge in [-0.3, -0.25) is 9.59 Å². The van der Waals surface area contributed by atoms with Gasteiger partial charge >= 0.3 is 0 Å². The lowest BCUT2D eigenvalue weighted by atomic mass is 9.88. The van der Waals surface area contributed by atoms with Crippen molar-refractivity contribution in [3.63, 3.8) is 0 Å². The van der Waals surface area contributed by atoms with E-state index in [1.165, 1.54) is 44.6 Å². The summed E-state index contributed by atoms with van der Waals surface area (Å²) in [4.78, 5) is 28.3. The van der Waals surface area contributed by atoms with Gasteiger partial charge in [-0.2, -0.15) is 0 Å². The molecule has 0 radical (unpaired) electrons. The molecule has 0 aromatic heterocycles. The van der Waals surface area contributed by atoms with Crippen molar-refractivity contribution >= 4 is 17.3 Å². The molecule has 1 aliphatic carbocycles. The molecule has 2 aliphatic rings. The van der Waals surface area contributed by atoms with E-state index >= 15 is 0 Å². The van der Waals surface area contributed by atoms with E-state index in [0.29, 0.717) is 11.6 Å². The molecule has 1 N–H and O–H groups in total. The number of amides is 1. The van der Waals surface area contributed by atoms with Gasteiger partial charge in [0, 0.05) is 18.3 Å². The Morgan fingerprint density at radius 1 is 0.967 bits per heavy atom. The first-order valence-corrected chi connectivity index (χ1v) is 11.0. The normalized spacial score (nSPS) is 18.0. The van der Waals surface area contributed by atoms with Crippen LogP contribution in [0.25, 0.3) is 5.57 Å². The van der Waals surface area contributed by atoms with Gasteiger partial charge in [0.2, 0.25) is 0 Å². The second-order valence-corrected chi connectivity index (χ2v) is 8.47. The summed E-state index contributed by atoms with van der Waals surface area (Å²) < 4.78 is 0. The summed E-state index contributed by atoms with van der Waals surface area (Å²) in [6.45, 7) is 4.44. The molecule has 1 aliphatic heterocycles. The quantitative estimate of drug-likeness (QED) is 0.765. The van der Waals surface area contributed by atoms with Gasteiger partial charge in [-0.15, -0.1) is 0 Å². The van der Waals surface area contributed by atoms with Crippen molar-refractivity contribution in [1.82, 2.24) is 10.2 Å². The van der Waals surface area contributed by atoms with Crippen LogP contribution in [0.5, 0.6) is 0 Å². The molecule has 0 saturated heterocycles. The standard InChI is InChI=1S/C26H30N2O2/c1-18-24(26(30)27-25(19(2)29)20-11-5-3-6-12-20)23-16-10-9-13-21(23)17-28(18)22-14-7-4-8-15-22/h3,5-6,9-13,16,22,25H,4,7-8,14-15,17H2,1-2H3,(H,27,30)/t25-/m1/s1. The number of carbonyl (C=O) groups excluding carboxylic acids is 2. The highest BCUT2D eigenvalue weighted by Crippen LogP contribution is 2.36. The zero-order valence-electron chi connectivity index (χ0n) is 17.9. The summed E-state index contributed by atoms with van der Waals surface area (Å²) in [5.41, 5.74) is 4.69. The lowest BCUT2D eigenvalue weighted by Gasteiger charge is -2.41. The van der Waals surface area contributed by atoms with Gasteiger partial charge in [0.05, 0.1) is 5.57 Å². The van der Waals surface area contributed by atoms with E-state index in [0.717, 1.165) is 23.4 Å². The number of rotatable bonds is 5. The van der Waals surface area contributed by atoms with Gasteiger partial charge in [-0.05, 0) is 43.4 Å². The molecule has 1 saturated carbocycles. The minimum atomic E-state index is -0.642. The number of ketones is 1. The Bertz CT molecular complexity index is 958. The third kappa shape index (κ3) is 4.04. The molecule has 2 aromatic carbocycles. The maximum absolute atomic E-state index is 13.5. The highest BCUT2D eigenvalue weighted by Gasteiger charge is 2.32. The fourth-order valence-corrected chi connectivity index (χ4v) is 4.89. The molecule has 1 amide bonds. The van der Waals surface area contributed by atoms with Crippen molar-refractivity contribution < 1.29 is 9.59 Å². The van der Waals surface area contributed by atoms with Crippen molar-refractivity contribution in [2.75, 3.05) is 0 Å². The van der Waals surface area contributed by atoms with Crippen molar-refractivity contribution in [3.8, 4) is 0 Å². The van der Waals surface area contributed by atoms with Crippen LogP contribution in [-0.4, -0.2) is 22.6 Å². The average Bonchev–Trinajstić information content (AvgIpc) is 2.78. The number of Topliss-reactive ketones (excluding diaryl/α,β-unsaturated/α-hetero) is 1. The molecule has 30 heavy (non-hydrogen) atoms. The molecule has 1 fully saturated rings. The SMILES string of the molecule is CC(=O)[C@@H](NC(=O)C1=C(C)N(C2CCCCC2)Cc2ccccc21)c1ccccc1. The number of allylic oxidation sites excluding steroid dienone is 1. The lowest BCUT2D eigenvalue weighted by Crippen LogP contribution is -2.41. The van der Waals surface area contributed by atoms with E-state index in [-0.39, 0.29) is 11.7 Å². The molecule has 156 valence electrons. The van der Waals surface area contributed by atoms with Crippen molar-refractivity contribution in [1.29, 1.82) is 0 Å². The van der Waals surface area contributed by atoms with E-state index < -0.39 is 6.04 Å². The molecule has 4 nitrogen and oxygen atoms in total. The number of nitrogens with one attached hydrogen (secondary N) is 1. The van der Waals surface area contributed by atoms with Gasteiger partial charge in [0.1, 0.15) is 6.04 Å². The van der Waals surface area contributed by atoms with E-state index in [4.69, 9.17) is 0 Å². The van der Waals surface area contributed by atoms with Crippen LogP contribution in [0.15, 0.2) is 60.3 Å². The van der Waals surface area contributed by atoms with Gasteiger partial charge in [0.15, 0.2) is 5.78 Å². The Morgan fingerprint density at radius 3 is 2.33 bits per heavy atom. The van der Waals surface area contributed by atoms with E-state index in [1.54, 1.807) is 0 Å². The van der Waals surface area contributed by atoms with Gasteiger partial charge < -0.3 is 10.2 Å². The summed E-state index contributed by atoms with van der Waals surface area (Å²) in [5, 5.41) is 3.02. The number of benzene rings is 2. The molecule has 1 atom stereocenters. The highest BCUT2D eigenvalue weighted by atomic mass is 16.2. The average molecular weight is 403 g/mol. The topological polar surface area (TPSA) is 49.4 Å². The summed E-state index contributed by atoms with van der Waals surface area (Å²) in [7, 11) is 0. The lowest BCUT2D eigenvalue weighted by molar-refractivity contribution is -0.124. The molecular weight excluding hydrogens is 372 g/mol. The van der Waals surface area contributed by atoms with Crippen LogP contribution in [0, 0.1) is 0 Å². The van der Waals surface area contributed by atoms with Crippen LogP contribution >= 0.6 is 0 Å². The fourth-order valence-electron chi connectivity index (χ4n) is 4.89. The zero-order valence-corrected chi connectivity index (χ0v) is 17.9. The minimum absolute atomic E-state index is 0.0685. The predicted molar refractivity (Wildman–Crippen MR) is 119 cm³/mol. The van der Waals surface area contributed by atoms with Gasteiger partial charge in [-0.1, -0.05) is 73.9 Å². The second-order valence-electron chi connectivity index (χ2n) is 8.47. The number of fused-ring (bicyclic) bond motifs is 1. The Morgan fingerprint density at radius 2 is 1.63 bits per heavy atom. The summed E-state index contributed by atoms with van der Waals surface area (Å²) in [6.07, 6.45) is 6.15. The van der Waals surface area contributed by atoms with E-state index in [2.05, 4.69) is 23.2 Å². The van der Waals surface area contributed by atoms with E-state index in [9.17, 15) is 9.59 Å². The molecule has 0 spiro atoms. The molecule has 0 unspecified atom stereocenters. The number of hydrogen-bond donors (Lipinski definition) is 1. The smallest absolute Gasteiger partial charge is 0.254 e.